The number of carboxylic acids is 1. The lowest BCUT2D eigenvalue weighted by molar-refractivity contribution is 0.0661. The largest absolute Gasteiger partial charge is 0.475 e. The summed E-state index contributed by atoms with van der Waals surface area (Å²) in [5.74, 6) is 0.468. The van der Waals surface area contributed by atoms with E-state index in [2.05, 4.69) is 12.2 Å². The van der Waals surface area contributed by atoms with Gasteiger partial charge in [0.1, 0.15) is 5.76 Å². The van der Waals surface area contributed by atoms with Gasteiger partial charge < -0.3 is 14.8 Å². The number of aromatic carboxylic acids is 1. The van der Waals surface area contributed by atoms with Crippen molar-refractivity contribution in [1.82, 2.24) is 5.32 Å². The van der Waals surface area contributed by atoms with E-state index in [4.69, 9.17) is 9.52 Å². The summed E-state index contributed by atoms with van der Waals surface area (Å²) in [6.07, 6.45) is 6.65. The van der Waals surface area contributed by atoms with Crippen LogP contribution < -0.4 is 5.32 Å². The van der Waals surface area contributed by atoms with Gasteiger partial charge in [-0.05, 0) is 38.7 Å². The molecule has 0 aromatic carbocycles. The Morgan fingerprint density at radius 1 is 1.47 bits per heavy atom. The Morgan fingerprint density at radius 3 is 2.74 bits per heavy atom. The lowest BCUT2D eigenvalue weighted by Crippen LogP contribution is -2.34. The highest BCUT2D eigenvalue weighted by atomic mass is 16.4. The summed E-state index contributed by atoms with van der Waals surface area (Å²) in [7, 11) is 0. The van der Waals surface area contributed by atoms with E-state index in [1.807, 2.05) is 6.92 Å². The highest BCUT2D eigenvalue weighted by Crippen LogP contribution is 2.26. The zero-order valence-electron chi connectivity index (χ0n) is 11.7. The molecule has 1 atom stereocenters. The maximum Gasteiger partial charge on any atom is 0.371 e. The highest BCUT2D eigenvalue weighted by molar-refractivity contribution is 5.84. The number of hydrogen-bond acceptors (Lipinski definition) is 3. The second kappa shape index (κ2) is 6.24. The minimum Gasteiger partial charge on any atom is -0.475 e. The van der Waals surface area contributed by atoms with Crippen molar-refractivity contribution in [2.24, 2.45) is 5.92 Å². The van der Waals surface area contributed by atoms with Crippen LogP contribution in [0.25, 0.3) is 0 Å². The topological polar surface area (TPSA) is 62.5 Å². The van der Waals surface area contributed by atoms with Crippen LogP contribution in [0.4, 0.5) is 0 Å². The van der Waals surface area contributed by atoms with E-state index in [0.717, 1.165) is 11.5 Å². The van der Waals surface area contributed by atoms with Crippen LogP contribution in [0.15, 0.2) is 10.5 Å². The number of nitrogens with one attached hydrogen (secondary N) is 1. The van der Waals surface area contributed by atoms with Crippen molar-refractivity contribution in [3.8, 4) is 0 Å². The first kappa shape index (κ1) is 14.1. The molecule has 0 bridgehead atoms. The molecule has 2 rings (SSSR count). The molecule has 4 heteroatoms. The van der Waals surface area contributed by atoms with Gasteiger partial charge in [-0.1, -0.05) is 19.3 Å². The maximum absolute atomic E-state index is 10.8. The zero-order chi connectivity index (χ0) is 13.8. The number of carbonyl (C=O) groups is 1. The molecule has 0 spiro atoms. The summed E-state index contributed by atoms with van der Waals surface area (Å²) < 4.78 is 5.21. The first-order valence-electron chi connectivity index (χ1n) is 7.14. The third-order valence-electron chi connectivity index (χ3n) is 4.20. The van der Waals surface area contributed by atoms with Gasteiger partial charge in [0.2, 0.25) is 5.76 Å². The molecule has 1 aliphatic carbocycles. The summed E-state index contributed by atoms with van der Waals surface area (Å²) in [5.41, 5.74) is 0.944. The van der Waals surface area contributed by atoms with Crippen LogP contribution in [0.5, 0.6) is 0 Å². The van der Waals surface area contributed by atoms with Gasteiger partial charge in [0.15, 0.2) is 0 Å². The van der Waals surface area contributed by atoms with Gasteiger partial charge in [-0.25, -0.2) is 4.79 Å². The first-order chi connectivity index (χ1) is 9.08. The molecule has 1 aromatic heterocycles. The van der Waals surface area contributed by atoms with Crippen LogP contribution in [-0.2, 0) is 6.54 Å². The molecular formula is C15H23NO3. The van der Waals surface area contributed by atoms with Crippen LogP contribution in [0.3, 0.4) is 0 Å². The number of furan rings is 1. The molecule has 0 aliphatic heterocycles. The molecular weight excluding hydrogens is 242 g/mol. The van der Waals surface area contributed by atoms with Gasteiger partial charge in [0.05, 0.1) is 0 Å². The first-order valence-corrected chi connectivity index (χ1v) is 7.14. The van der Waals surface area contributed by atoms with E-state index in [-0.39, 0.29) is 5.76 Å². The third kappa shape index (κ3) is 3.60. The third-order valence-corrected chi connectivity index (χ3v) is 4.20. The molecule has 1 heterocycles. The van der Waals surface area contributed by atoms with Gasteiger partial charge in [-0.3, -0.25) is 0 Å². The monoisotopic (exact) mass is 265 g/mol. The average molecular weight is 265 g/mol. The van der Waals surface area contributed by atoms with Gasteiger partial charge in [-0.15, -0.1) is 0 Å². The van der Waals surface area contributed by atoms with Gasteiger partial charge in [0.25, 0.3) is 0 Å². The molecule has 106 valence electrons. The van der Waals surface area contributed by atoms with Crippen LogP contribution in [0, 0.1) is 12.8 Å². The summed E-state index contributed by atoms with van der Waals surface area (Å²) in [5, 5.41) is 12.4. The number of hydrogen-bond donors (Lipinski definition) is 2. The van der Waals surface area contributed by atoms with Crippen molar-refractivity contribution in [2.45, 2.75) is 58.5 Å². The highest BCUT2D eigenvalue weighted by Gasteiger charge is 2.20. The molecule has 4 nitrogen and oxygen atoms in total. The van der Waals surface area contributed by atoms with Crippen molar-refractivity contribution >= 4 is 5.97 Å². The van der Waals surface area contributed by atoms with Gasteiger partial charge in [0, 0.05) is 18.2 Å². The van der Waals surface area contributed by atoms with E-state index < -0.39 is 5.97 Å². The van der Waals surface area contributed by atoms with Crippen molar-refractivity contribution in [3.05, 3.63) is 23.2 Å². The van der Waals surface area contributed by atoms with Crippen LogP contribution >= 0.6 is 0 Å². The fraction of sp³-hybridized carbons (Fsp3) is 0.667. The molecule has 19 heavy (non-hydrogen) atoms. The lowest BCUT2D eigenvalue weighted by Gasteiger charge is -2.28. The Balaban J connectivity index is 1.89. The summed E-state index contributed by atoms with van der Waals surface area (Å²) in [4.78, 5) is 10.8. The van der Waals surface area contributed by atoms with E-state index >= 15 is 0 Å². The Hall–Kier alpha value is -1.29. The number of aryl methyl sites for hydroxylation is 1. The van der Waals surface area contributed by atoms with E-state index in [9.17, 15) is 4.79 Å². The predicted octanol–water partition coefficient (Wildman–Crippen LogP) is 3.34. The summed E-state index contributed by atoms with van der Waals surface area (Å²) >= 11 is 0. The predicted molar refractivity (Wildman–Crippen MR) is 73.3 cm³/mol. The van der Waals surface area contributed by atoms with Crippen molar-refractivity contribution in [1.29, 1.82) is 0 Å². The standard InChI is InChI=1S/C15H23NO3/c1-10(12-6-4-3-5-7-12)16-9-13-8-14(15(17)18)19-11(13)2/h8,10,12,16H,3-7,9H2,1-2H3,(H,17,18). The normalized spacial score (nSPS) is 18.4. The smallest absolute Gasteiger partial charge is 0.371 e. The Bertz CT molecular complexity index is 433. The van der Waals surface area contributed by atoms with Crippen LogP contribution in [0.2, 0.25) is 0 Å². The summed E-state index contributed by atoms with van der Waals surface area (Å²) in [6.45, 7) is 4.72. The minimum absolute atomic E-state index is 0.0274. The molecule has 1 aliphatic rings. The number of rotatable bonds is 5. The fourth-order valence-corrected chi connectivity index (χ4v) is 2.87. The van der Waals surface area contributed by atoms with Crippen LogP contribution in [-0.4, -0.2) is 17.1 Å². The Labute approximate surface area is 114 Å². The molecule has 0 saturated heterocycles. The number of carboxylic acid groups (broad SMARTS) is 1. The molecule has 1 unspecified atom stereocenters. The van der Waals surface area contributed by atoms with E-state index in [1.54, 1.807) is 6.07 Å². The maximum atomic E-state index is 10.8. The molecule has 0 amide bonds. The van der Waals surface area contributed by atoms with E-state index in [0.29, 0.717) is 18.3 Å². The van der Waals surface area contributed by atoms with Crippen molar-refractivity contribution < 1.29 is 14.3 Å². The van der Waals surface area contributed by atoms with Gasteiger partial charge in [-0.2, -0.15) is 0 Å². The SMILES string of the molecule is Cc1oc(C(=O)O)cc1CNC(C)C1CCCCC1. The quantitative estimate of drug-likeness (QED) is 0.857. The van der Waals surface area contributed by atoms with Crippen molar-refractivity contribution in [2.75, 3.05) is 0 Å². The molecule has 1 fully saturated rings. The lowest BCUT2D eigenvalue weighted by atomic mass is 9.84. The second-order valence-electron chi connectivity index (χ2n) is 5.56. The molecule has 1 saturated carbocycles. The molecule has 0 radical (unpaired) electrons. The molecule has 1 aromatic rings. The van der Waals surface area contributed by atoms with Gasteiger partial charge >= 0.3 is 5.97 Å². The molecule has 2 N–H and O–H groups in total. The summed E-state index contributed by atoms with van der Waals surface area (Å²) in [6, 6.07) is 2.10. The average Bonchev–Trinajstić information content (AvgIpc) is 2.79. The second-order valence-corrected chi connectivity index (χ2v) is 5.56. The van der Waals surface area contributed by atoms with Crippen LogP contribution in [0.1, 0.15) is 60.9 Å². The Kier molecular flexibility index (Phi) is 4.64. The minimum atomic E-state index is -1.00. The fourth-order valence-electron chi connectivity index (χ4n) is 2.87. The van der Waals surface area contributed by atoms with E-state index in [1.165, 1.54) is 32.1 Å². The Morgan fingerprint density at radius 2 is 2.16 bits per heavy atom. The van der Waals surface area contributed by atoms with Crippen molar-refractivity contribution in [3.63, 3.8) is 0 Å². The zero-order valence-corrected chi connectivity index (χ0v) is 11.7.